The van der Waals surface area contributed by atoms with Crippen molar-refractivity contribution in [2.45, 2.75) is 6.42 Å². The molecule has 4 heteroatoms. The fraction of sp³-hybridized carbons (Fsp3) is 0.136. The van der Waals surface area contributed by atoms with Crippen molar-refractivity contribution in [3.05, 3.63) is 72.3 Å². The van der Waals surface area contributed by atoms with E-state index in [1.807, 2.05) is 60.7 Å². The Bertz CT molecular complexity index is 831. The number of carbonyl (C=O) groups is 1. The zero-order chi connectivity index (χ0) is 18.5. The molecule has 1 N–H and O–H groups in total. The lowest BCUT2D eigenvalue weighted by Gasteiger charge is -2.11. The predicted octanol–water partition coefficient (Wildman–Crippen LogP) is 4.66. The van der Waals surface area contributed by atoms with Gasteiger partial charge in [-0.05, 0) is 58.1 Å². The molecule has 0 radical (unpaired) electrons. The van der Waals surface area contributed by atoms with Gasteiger partial charge in [0.15, 0.2) is 0 Å². The van der Waals surface area contributed by atoms with Gasteiger partial charge in [0.1, 0.15) is 11.5 Å². The number of aliphatic carboxylic acids is 1. The van der Waals surface area contributed by atoms with Gasteiger partial charge < -0.3 is 14.6 Å². The topological polar surface area (TPSA) is 55.8 Å². The lowest BCUT2D eigenvalue weighted by atomic mass is 9.95. The number of rotatable bonds is 6. The summed E-state index contributed by atoms with van der Waals surface area (Å²) in [4.78, 5) is 11.2. The van der Waals surface area contributed by atoms with Crippen molar-refractivity contribution < 1.29 is 19.4 Å². The van der Waals surface area contributed by atoms with Gasteiger partial charge >= 0.3 is 5.97 Å². The molecule has 0 aliphatic carbocycles. The van der Waals surface area contributed by atoms with E-state index in [0.29, 0.717) is 0 Å². The van der Waals surface area contributed by atoms with Crippen LogP contribution in [0.1, 0.15) is 5.56 Å². The molecule has 0 saturated heterocycles. The molecule has 0 aromatic heterocycles. The Balaban J connectivity index is 2.06. The first kappa shape index (κ1) is 17.5. The van der Waals surface area contributed by atoms with Gasteiger partial charge in [0.2, 0.25) is 0 Å². The Morgan fingerprint density at radius 2 is 1.15 bits per heavy atom. The molecule has 0 spiro atoms. The first-order valence-corrected chi connectivity index (χ1v) is 8.23. The number of carboxylic acids is 1. The third kappa shape index (κ3) is 4.03. The maximum atomic E-state index is 11.2. The van der Waals surface area contributed by atoms with Crippen molar-refractivity contribution >= 4 is 5.97 Å². The summed E-state index contributed by atoms with van der Waals surface area (Å²) >= 11 is 0. The summed E-state index contributed by atoms with van der Waals surface area (Å²) in [5.74, 6) is 0.717. The molecule has 0 heterocycles. The minimum atomic E-state index is -0.849. The number of benzene rings is 3. The van der Waals surface area contributed by atoms with Crippen LogP contribution in [0, 0.1) is 0 Å². The van der Waals surface area contributed by atoms with Gasteiger partial charge in [-0.3, -0.25) is 4.79 Å². The van der Waals surface area contributed by atoms with Gasteiger partial charge in [-0.1, -0.05) is 36.4 Å². The molecule has 0 atom stereocenters. The van der Waals surface area contributed by atoms with Gasteiger partial charge in [0.25, 0.3) is 0 Å². The molecule has 3 aromatic rings. The molecular formula is C22H20O4. The standard InChI is InChI=1S/C22H20O4/c1-25-20-7-3-16(4-8-20)18-11-15(13-22(23)24)12-19(14-18)17-5-9-21(26-2)10-6-17/h3-12,14H,13H2,1-2H3,(H,23,24). The van der Waals surface area contributed by atoms with Crippen LogP contribution >= 0.6 is 0 Å². The summed E-state index contributed by atoms with van der Waals surface area (Å²) in [5.41, 5.74) is 4.71. The highest BCUT2D eigenvalue weighted by Crippen LogP contribution is 2.30. The van der Waals surface area contributed by atoms with Crippen LogP contribution in [-0.2, 0) is 11.2 Å². The third-order valence-electron chi connectivity index (χ3n) is 4.19. The fourth-order valence-electron chi connectivity index (χ4n) is 2.87. The molecule has 0 aliphatic heterocycles. The lowest BCUT2D eigenvalue weighted by molar-refractivity contribution is -0.136. The van der Waals surface area contributed by atoms with E-state index < -0.39 is 5.97 Å². The second kappa shape index (κ2) is 7.74. The van der Waals surface area contributed by atoms with Crippen molar-refractivity contribution in [3.63, 3.8) is 0 Å². The molecule has 0 amide bonds. The summed E-state index contributed by atoms with van der Waals surface area (Å²) in [7, 11) is 3.26. The Labute approximate surface area is 152 Å². The Kier molecular flexibility index (Phi) is 5.23. The SMILES string of the molecule is COc1ccc(-c2cc(CC(=O)O)cc(-c3ccc(OC)cc3)c2)cc1. The average Bonchev–Trinajstić information content (AvgIpc) is 2.67. The summed E-state index contributed by atoms with van der Waals surface area (Å²) in [6.07, 6.45) is -0.0207. The van der Waals surface area contributed by atoms with E-state index in [9.17, 15) is 9.90 Å². The van der Waals surface area contributed by atoms with Gasteiger partial charge in [-0.15, -0.1) is 0 Å². The molecule has 0 unspecified atom stereocenters. The monoisotopic (exact) mass is 348 g/mol. The molecule has 0 saturated carbocycles. The van der Waals surface area contributed by atoms with Gasteiger partial charge in [0.05, 0.1) is 20.6 Å². The molecule has 0 fully saturated rings. The van der Waals surface area contributed by atoms with Crippen LogP contribution in [0.4, 0.5) is 0 Å². The minimum Gasteiger partial charge on any atom is -0.497 e. The molecule has 0 aliphatic rings. The van der Waals surface area contributed by atoms with Crippen molar-refractivity contribution in [1.29, 1.82) is 0 Å². The van der Waals surface area contributed by atoms with Crippen molar-refractivity contribution in [2.75, 3.05) is 14.2 Å². The van der Waals surface area contributed by atoms with Crippen LogP contribution in [0.3, 0.4) is 0 Å². The molecule has 4 nitrogen and oxygen atoms in total. The molecule has 0 bridgehead atoms. The van der Waals surface area contributed by atoms with E-state index in [1.165, 1.54) is 0 Å². The van der Waals surface area contributed by atoms with E-state index in [-0.39, 0.29) is 6.42 Å². The van der Waals surface area contributed by atoms with Crippen LogP contribution in [-0.4, -0.2) is 25.3 Å². The zero-order valence-corrected chi connectivity index (χ0v) is 14.7. The average molecular weight is 348 g/mol. The smallest absolute Gasteiger partial charge is 0.307 e. The van der Waals surface area contributed by atoms with Crippen molar-refractivity contribution in [2.24, 2.45) is 0 Å². The lowest BCUT2D eigenvalue weighted by Crippen LogP contribution is -2.00. The molecule has 132 valence electrons. The van der Waals surface area contributed by atoms with Crippen LogP contribution < -0.4 is 9.47 Å². The Morgan fingerprint density at radius 3 is 1.50 bits per heavy atom. The Hall–Kier alpha value is -3.27. The molecular weight excluding hydrogens is 328 g/mol. The summed E-state index contributed by atoms with van der Waals surface area (Å²) in [5, 5.41) is 9.19. The highest BCUT2D eigenvalue weighted by Gasteiger charge is 2.09. The largest absolute Gasteiger partial charge is 0.497 e. The van der Waals surface area contributed by atoms with Gasteiger partial charge in [-0.2, -0.15) is 0 Å². The van der Waals surface area contributed by atoms with Crippen LogP contribution in [0.15, 0.2) is 66.7 Å². The quantitative estimate of drug-likeness (QED) is 0.704. The summed E-state index contributed by atoms with van der Waals surface area (Å²) < 4.78 is 10.4. The normalized spacial score (nSPS) is 10.4. The van der Waals surface area contributed by atoms with Gasteiger partial charge in [0, 0.05) is 0 Å². The predicted molar refractivity (Wildman–Crippen MR) is 102 cm³/mol. The second-order valence-electron chi connectivity index (χ2n) is 5.95. The molecule has 26 heavy (non-hydrogen) atoms. The summed E-state index contributed by atoms with van der Waals surface area (Å²) in [6.45, 7) is 0. The summed E-state index contributed by atoms with van der Waals surface area (Å²) in [6, 6.07) is 21.4. The van der Waals surface area contributed by atoms with E-state index in [2.05, 4.69) is 6.07 Å². The van der Waals surface area contributed by atoms with E-state index in [4.69, 9.17) is 9.47 Å². The second-order valence-corrected chi connectivity index (χ2v) is 5.95. The molecule has 3 aromatic carbocycles. The number of hydrogen-bond donors (Lipinski definition) is 1. The van der Waals surface area contributed by atoms with Crippen molar-refractivity contribution in [1.82, 2.24) is 0 Å². The number of hydrogen-bond acceptors (Lipinski definition) is 3. The van der Waals surface area contributed by atoms with Crippen LogP contribution in [0.25, 0.3) is 22.3 Å². The highest BCUT2D eigenvalue weighted by molar-refractivity contribution is 5.77. The number of ether oxygens (including phenoxy) is 2. The van der Waals surface area contributed by atoms with E-state index >= 15 is 0 Å². The van der Waals surface area contributed by atoms with Crippen molar-refractivity contribution in [3.8, 4) is 33.8 Å². The van der Waals surface area contributed by atoms with Crippen LogP contribution in [0.2, 0.25) is 0 Å². The third-order valence-corrected chi connectivity index (χ3v) is 4.19. The number of methoxy groups -OCH3 is 2. The first-order valence-electron chi connectivity index (χ1n) is 8.23. The molecule has 3 rings (SSSR count). The van der Waals surface area contributed by atoms with Crippen LogP contribution in [0.5, 0.6) is 11.5 Å². The number of carboxylic acid groups (broad SMARTS) is 1. The maximum absolute atomic E-state index is 11.2. The zero-order valence-electron chi connectivity index (χ0n) is 14.7. The first-order chi connectivity index (χ1) is 12.6. The highest BCUT2D eigenvalue weighted by atomic mass is 16.5. The minimum absolute atomic E-state index is 0.0207. The Morgan fingerprint density at radius 1 is 0.731 bits per heavy atom. The van der Waals surface area contributed by atoms with E-state index in [0.717, 1.165) is 39.3 Å². The fourth-order valence-corrected chi connectivity index (χ4v) is 2.87. The maximum Gasteiger partial charge on any atom is 0.307 e. The van der Waals surface area contributed by atoms with E-state index in [1.54, 1.807) is 14.2 Å². The van der Waals surface area contributed by atoms with Gasteiger partial charge in [-0.25, -0.2) is 0 Å².